The van der Waals surface area contributed by atoms with Crippen LogP contribution in [-0.4, -0.2) is 60.6 Å². The SMILES string of the molecule is Cc1cc(N2CC(S(=O)(=O)c3ccccc3C(F)(F)F)CC2C(=O)NC2(C#N)CC2)n(C2CCNCC2)n1. The molecule has 2 atom stereocenters. The third-order valence-electron chi connectivity index (χ3n) is 7.62. The first kappa shape index (κ1) is 26.5. The summed E-state index contributed by atoms with van der Waals surface area (Å²) in [6.45, 7) is 3.18. The zero-order valence-electron chi connectivity index (χ0n) is 20.8. The van der Waals surface area contributed by atoms with Crippen molar-refractivity contribution in [3.05, 3.63) is 41.6 Å². The van der Waals surface area contributed by atoms with Gasteiger partial charge < -0.3 is 15.5 Å². The maximum Gasteiger partial charge on any atom is 0.417 e. The van der Waals surface area contributed by atoms with Crippen LogP contribution in [0.25, 0.3) is 0 Å². The van der Waals surface area contributed by atoms with E-state index >= 15 is 0 Å². The van der Waals surface area contributed by atoms with Crippen LogP contribution in [0.2, 0.25) is 0 Å². The second kappa shape index (κ2) is 9.57. The highest BCUT2D eigenvalue weighted by Crippen LogP contribution is 2.40. The van der Waals surface area contributed by atoms with Crippen LogP contribution < -0.4 is 15.5 Å². The Balaban J connectivity index is 1.53. The molecule has 9 nitrogen and oxygen atoms in total. The number of anilines is 1. The molecule has 0 bridgehead atoms. The van der Waals surface area contributed by atoms with Gasteiger partial charge in [-0.15, -0.1) is 0 Å². The van der Waals surface area contributed by atoms with Gasteiger partial charge >= 0.3 is 6.18 Å². The van der Waals surface area contributed by atoms with Crippen LogP contribution >= 0.6 is 0 Å². The number of nitrogens with zero attached hydrogens (tertiary/aromatic N) is 4. The number of nitrogens with one attached hydrogen (secondary N) is 2. The van der Waals surface area contributed by atoms with E-state index in [0.717, 1.165) is 44.1 Å². The highest BCUT2D eigenvalue weighted by atomic mass is 32.2. The van der Waals surface area contributed by atoms with Crippen LogP contribution in [0.3, 0.4) is 0 Å². The average Bonchev–Trinajstić information content (AvgIpc) is 3.32. The Kier molecular flexibility index (Phi) is 6.67. The topological polar surface area (TPSA) is 120 Å². The fourth-order valence-corrected chi connectivity index (χ4v) is 7.31. The van der Waals surface area contributed by atoms with Gasteiger partial charge in [-0.05, 0) is 64.3 Å². The minimum atomic E-state index is -4.85. The minimum absolute atomic E-state index is 0.0270. The molecule has 3 heterocycles. The molecular formula is C25H29F3N6O3S. The Morgan fingerprint density at radius 1 is 1.24 bits per heavy atom. The molecule has 2 N–H and O–H groups in total. The largest absolute Gasteiger partial charge is 0.417 e. The number of sulfone groups is 1. The van der Waals surface area contributed by atoms with Crippen LogP contribution in [0, 0.1) is 18.3 Å². The molecule has 1 aromatic heterocycles. The summed E-state index contributed by atoms with van der Waals surface area (Å²) in [5.41, 5.74) is -1.52. The van der Waals surface area contributed by atoms with E-state index in [4.69, 9.17) is 0 Å². The summed E-state index contributed by atoms with van der Waals surface area (Å²) < 4.78 is 70.3. The molecule has 3 aliphatic rings. The number of rotatable bonds is 6. The van der Waals surface area contributed by atoms with Gasteiger partial charge in [-0.1, -0.05) is 12.1 Å². The number of piperidine rings is 1. The van der Waals surface area contributed by atoms with Gasteiger partial charge in [0.2, 0.25) is 5.91 Å². The highest BCUT2D eigenvalue weighted by Gasteiger charge is 2.51. The second-order valence-corrected chi connectivity index (χ2v) is 12.5. The van der Waals surface area contributed by atoms with Crippen molar-refractivity contribution >= 4 is 21.6 Å². The lowest BCUT2D eigenvalue weighted by molar-refractivity contribution is -0.139. The molecule has 0 spiro atoms. The number of benzene rings is 1. The number of carbonyl (C=O) groups excluding carboxylic acids is 1. The summed E-state index contributed by atoms with van der Waals surface area (Å²) in [5.74, 6) is 0.0414. The summed E-state index contributed by atoms with van der Waals surface area (Å²) >= 11 is 0. The lowest BCUT2D eigenvalue weighted by atomic mass is 10.1. The molecule has 0 radical (unpaired) electrons. The van der Waals surface area contributed by atoms with Crippen LogP contribution in [0.4, 0.5) is 19.0 Å². The number of amides is 1. The van der Waals surface area contributed by atoms with Crippen molar-refractivity contribution < 1.29 is 26.4 Å². The molecule has 1 aliphatic carbocycles. The van der Waals surface area contributed by atoms with E-state index in [9.17, 15) is 31.6 Å². The van der Waals surface area contributed by atoms with Crippen LogP contribution in [0.15, 0.2) is 35.2 Å². The molecule has 5 rings (SSSR count). The number of aromatic nitrogens is 2. The fraction of sp³-hybridized carbons (Fsp3) is 0.560. The van der Waals surface area contributed by atoms with Gasteiger partial charge in [0.25, 0.3) is 0 Å². The first-order valence-corrected chi connectivity index (χ1v) is 14.2. The molecule has 1 aromatic carbocycles. The first-order chi connectivity index (χ1) is 17.9. The molecule has 13 heteroatoms. The normalized spacial score (nSPS) is 23.7. The van der Waals surface area contributed by atoms with Gasteiger partial charge in [0.1, 0.15) is 17.4 Å². The molecular weight excluding hydrogens is 521 g/mol. The van der Waals surface area contributed by atoms with E-state index < -0.39 is 49.2 Å². The maximum absolute atomic E-state index is 13.7. The van der Waals surface area contributed by atoms with Crippen molar-refractivity contribution in [2.75, 3.05) is 24.5 Å². The van der Waals surface area contributed by atoms with Crippen molar-refractivity contribution in [3.63, 3.8) is 0 Å². The molecule has 38 heavy (non-hydrogen) atoms. The van der Waals surface area contributed by atoms with E-state index in [0.29, 0.717) is 24.4 Å². The summed E-state index contributed by atoms with van der Waals surface area (Å²) in [5, 5.41) is 18.9. The Labute approximate surface area is 218 Å². The molecule has 204 valence electrons. The summed E-state index contributed by atoms with van der Waals surface area (Å²) in [4.78, 5) is 14.3. The monoisotopic (exact) mass is 550 g/mol. The lowest BCUT2D eigenvalue weighted by Crippen LogP contribution is -2.48. The Morgan fingerprint density at radius 2 is 1.92 bits per heavy atom. The maximum atomic E-state index is 13.7. The average molecular weight is 551 g/mol. The molecule has 2 aliphatic heterocycles. The molecule has 2 unspecified atom stereocenters. The predicted octanol–water partition coefficient (Wildman–Crippen LogP) is 2.73. The molecule has 1 saturated carbocycles. The Hall–Kier alpha value is -3.11. The van der Waals surface area contributed by atoms with Gasteiger partial charge in [0, 0.05) is 12.6 Å². The summed E-state index contributed by atoms with van der Waals surface area (Å²) in [7, 11) is -4.47. The number of hydrogen-bond donors (Lipinski definition) is 2. The van der Waals surface area contributed by atoms with Crippen molar-refractivity contribution in [1.29, 1.82) is 5.26 Å². The number of carbonyl (C=O) groups is 1. The number of alkyl halides is 3. The third-order valence-corrected chi connectivity index (χ3v) is 9.80. The highest BCUT2D eigenvalue weighted by molar-refractivity contribution is 7.92. The van der Waals surface area contributed by atoms with Gasteiger partial charge in [0.05, 0.1) is 33.5 Å². The van der Waals surface area contributed by atoms with E-state index in [2.05, 4.69) is 21.8 Å². The van der Waals surface area contributed by atoms with Crippen molar-refractivity contribution in [3.8, 4) is 6.07 Å². The van der Waals surface area contributed by atoms with Gasteiger partial charge in [0.15, 0.2) is 9.84 Å². The smallest absolute Gasteiger partial charge is 0.343 e. The Morgan fingerprint density at radius 3 is 2.55 bits per heavy atom. The van der Waals surface area contributed by atoms with Crippen LogP contribution in [-0.2, 0) is 20.8 Å². The van der Waals surface area contributed by atoms with Crippen molar-refractivity contribution in [2.45, 2.75) is 73.0 Å². The third kappa shape index (κ3) is 4.87. The van der Waals surface area contributed by atoms with E-state index in [1.54, 1.807) is 17.9 Å². The molecule has 1 amide bonds. The zero-order chi connectivity index (χ0) is 27.3. The number of aryl methyl sites for hydroxylation is 1. The molecule has 2 saturated heterocycles. The summed E-state index contributed by atoms with van der Waals surface area (Å²) in [6.07, 6.45) is -2.50. The van der Waals surface area contributed by atoms with Gasteiger partial charge in [-0.3, -0.25) is 4.79 Å². The Bertz CT molecular complexity index is 1370. The number of nitriles is 1. The van der Waals surface area contributed by atoms with Crippen LogP contribution in [0.1, 0.15) is 49.4 Å². The quantitative estimate of drug-likeness (QED) is 0.568. The van der Waals surface area contributed by atoms with Crippen molar-refractivity contribution in [1.82, 2.24) is 20.4 Å². The zero-order valence-corrected chi connectivity index (χ0v) is 21.6. The second-order valence-electron chi connectivity index (χ2n) is 10.3. The van der Waals surface area contributed by atoms with E-state index in [1.807, 2.05) is 4.68 Å². The van der Waals surface area contributed by atoms with E-state index in [1.165, 1.54) is 6.07 Å². The predicted molar refractivity (Wildman–Crippen MR) is 132 cm³/mol. The van der Waals surface area contributed by atoms with Gasteiger partial charge in [-0.25, -0.2) is 13.1 Å². The minimum Gasteiger partial charge on any atom is -0.343 e. The van der Waals surface area contributed by atoms with Crippen molar-refractivity contribution in [2.24, 2.45) is 0 Å². The fourth-order valence-electron chi connectivity index (χ4n) is 5.40. The number of hydrogen-bond acceptors (Lipinski definition) is 7. The number of halogens is 3. The molecule has 3 fully saturated rings. The lowest BCUT2D eigenvalue weighted by Gasteiger charge is -2.31. The first-order valence-electron chi connectivity index (χ1n) is 12.6. The van der Waals surface area contributed by atoms with Crippen LogP contribution in [0.5, 0.6) is 0 Å². The standard InChI is InChI=1S/C25H29F3N6O3S/c1-16-12-22(34(32-16)17-6-10-30-11-7-17)33-14-18(13-20(33)23(35)31-24(15-29)8-9-24)38(36,37)21-5-3-2-4-19(21)25(26,27)28/h2-5,12,17-18,20,30H,6-11,13-14H2,1H3,(H,31,35). The van der Waals surface area contributed by atoms with E-state index in [-0.39, 0.29) is 19.0 Å². The van der Waals surface area contributed by atoms with Gasteiger partial charge in [-0.2, -0.15) is 23.5 Å². The summed E-state index contributed by atoms with van der Waals surface area (Å²) in [6, 6.07) is 7.05. The molecule has 2 aromatic rings.